The predicted octanol–water partition coefficient (Wildman–Crippen LogP) is 3.97. The number of carbonyl (C=O) groups excluding carboxylic acids is 1. The Balaban J connectivity index is 1.63. The zero-order valence-electron chi connectivity index (χ0n) is 14.6. The number of carbonyl (C=O) groups is 1. The van der Waals surface area contributed by atoms with Crippen LogP contribution in [-0.2, 0) is 0 Å². The lowest BCUT2D eigenvalue weighted by molar-refractivity contribution is 0.0735. The van der Waals surface area contributed by atoms with Crippen LogP contribution in [0.5, 0.6) is 0 Å². The average molecular weight is 364 g/mol. The normalized spacial score (nSPS) is 16.8. The number of amides is 1. The van der Waals surface area contributed by atoms with Crippen LogP contribution in [0.1, 0.15) is 34.8 Å². The minimum Gasteiger partial charge on any atom is -0.332 e. The molecule has 1 saturated heterocycles. The second kappa shape index (κ2) is 7.33. The summed E-state index contributed by atoms with van der Waals surface area (Å²) in [6.45, 7) is 0.789. The third-order valence-electron chi connectivity index (χ3n) is 4.77. The van der Waals surface area contributed by atoms with Crippen LogP contribution < -0.4 is 0 Å². The first-order valence-electron chi connectivity index (χ1n) is 8.66. The molecule has 1 atom stereocenters. The highest BCUT2D eigenvalue weighted by Gasteiger charge is 2.30. The molecule has 0 bridgehead atoms. The highest BCUT2D eigenvalue weighted by molar-refractivity contribution is 7.98. The zero-order chi connectivity index (χ0) is 17.9. The summed E-state index contributed by atoms with van der Waals surface area (Å²) < 4.78 is 2.01. The van der Waals surface area contributed by atoms with Gasteiger partial charge in [0.15, 0.2) is 5.16 Å². The molecule has 3 aromatic rings. The number of benzene rings is 1. The molecule has 132 valence electrons. The second-order valence-corrected chi connectivity index (χ2v) is 7.04. The van der Waals surface area contributed by atoms with Crippen molar-refractivity contribution < 1.29 is 4.79 Å². The van der Waals surface area contributed by atoms with Crippen molar-refractivity contribution >= 4 is 17.7 Å². The van der Waals surface area contributed by atoms with E-state index in [1.807, 2.05) is 58.3 Å². The molecule has 0 radical (unpaired) electrons. The highest BCUT2D eigenvalue weighted by atomic mass is 32.2. The first-order valence-corrected chi connectivity index (χ1v) is 9.89. The monoisotopic (exact) mass is 364 g/mol. The smallest absolute Gasteiger partial charge is 0.254 e. The Hall–Kier alpha value is -2.60. The molecule has 6 heteroatoms. The molecule has 1 aliphatic rings. The molecule has 2 aromatic heterocycles. The maximum atomic E-state index is 13.2. The number of nitrogens with zero attached hydrogens (tertiary/aromatic N) is 4. The minimum atomic E-state index is 0.0805. The van der Waals surface area contributed by atoms with Gasteiger partial charge in [0.1, 0.15) is 0 Å². The number of hydrogen-bond donors (Lipinski definition) is 0. The van der Waals surface area contributed by atoms with Gasteiger partial charge in [0.2, 0.25) is 0 Å². The maximum Gasteiger partial charge on any atom is 0.254 e. The number of aromatic nitrogens is 3. The molecule has 5 nitrogen and oxygen atoms in total. The molecule has 3 heterocycles. The van der Waals surface area contributed by atoms with E-state index >= 15 is 0 Å². The Labute approximate surface area is 157 Å². The third-order valence-corrected chi connectivity index (χ3v) is 5.43. The fourth-order valence-electron chi connectivity index (χ4n) is 3.53. The first-order chi connectivity index (χ1) is 12.8. The SMILES string of the molecule is CSc1nccn1-c1cccc(C(=O)N2CCC[C@@H]2c2ccncc2)c1. The molecular formula is C20H20N4OS. The lowest BCUT2D eigenvalue weighted by Crippen LogP contribution is -2.30. The van der Waals surface area contributed by atoms with E-state index < -0.39 is 0 Å². The summed E-state index contributed by atoms with van der Waals surface area (Å²) in [7, 11) is 0. The standard InChI is InChI=1S/C20H20N4OS/c1-26-20-22-11-13-23(20)17-5-2-4-16(14-17)19(25)24-12-3-6-18(24)15-7-9-21-10-8-15/h2,4-5,7-11,13-14,18H,3,6,12H2,1H3/t18-/m1/s1. The molecule has 0 saturated carbocycles. The average Bonchev–Trinajstić information content (AvgIpc) is 3.37. The van der Waals surface area contributed by atoms with Gasteiger partial charge < -0.3 is 4.90 Å². The van der Waals surface area contributed by atoms with Gasteiger partial charge in [-0.15, -0.1) is 0 Å². The summed E-state index contributed by atoms with van der Waals surface area (Å²) in [4.78, 5) is 23.6. The van der Waals surface area contributed by atoms with Crippen LogP contribution in [0.25, 0.3) is 5.69 Å². The van der Waals surface area contributed by atoms with E-state index in [9.17, 15) is 4.79 Å². The molecule has 1 amide bonds. The summed E-state index contributed by atoms with van der Waals surface area (Å²) in [6.07, 6.45) is 11.3. The number of pyridine rings is 1. The maximum absolute atomic E-state index is 13.2. The zero-order valence-corrected chi connectivity index (χ0v) is 15.4. The second-order valence-electron chi connectivity index (χ2n) is 6.27. The van der Waals surface area contributed by atoms with Gasteiger partial charge in [-0.05, 0) is 55.0 Å². The van der Waals surface area contributed by atoms with Crippen molar-refractivity contribution in [2.24, 2.45) is 0 Å². The summed E-state index contributed by atoms with van der Waals surface area (Å²) in [5.74, 6) is 0.0805. The third kappa shape index (κ3) is 3.12. The summed E-state index contributed by atoms with van der Waals surface area (Å²) in [5, 5.41) is 0.908. The highest BCUT2D eigenvalue weighted by Crippen LogP contribution is 2.33. The van der Waals surface area contributed by atoms with Gasteiger partial charge in [0, 0.05) is 42.6 Å². The van der Waals surface area contributed by atoms with Crippen LogP contribution >= 0.6 is 11.8 Å². The molecule has 1 fully saturated rings. The molecule has 0 N–H and O–H groups in total. The fourth-order valence-corrected chi connectivity index (χ4v) is 4.06. The molecule has 1 aromatic carbocycles. The quantitative estimate of drug-likeness (QED) is 0.658. The lowest BCUT2D eigenvalue weighted by atomic mass is 10.1. The lowest BCUT2D eigenvalue weighted by Gasteiger charge is -2.25. The number of imidazole rings is 1. The Morgan fingerprint density at radius 3 is 2.85 bits per heavy atom. The molecule has 0 aliphatic carbocycles. The largest absolute Gasteiger partial charge is 0.332 e. The van der Waals surface area contributed by atoms with Crippen LogP contribution in [0.15, 0.2) is 66.3 Å². The van der Waals surface area contributed by atoms with E-state index in [2.05, 4.69) is 9.97 Å². The van der Waals surface area contributed by atoms with Crippen molar-refractivity contribution in [3.05, 3.63) is 72.3 Å². The first kappa shape index (κ1) is 16.8. The molecular weight excluding hydrogens is 344 g/mol. The van der Waals surface area contributed by atoms with E-state index in [1.54, 1.807) is 30.4 Å². The Bertz CT molecular complexity index is 909. The summed E-state index contributed by atoms with van der Waals surface area (Å²) in [6, 6.07) is 11.9. The van der Waals surface area contributed by atoms with Crippen LogP contribution in [0.3, 0.4) is 0 Å². The van der Waals surface area contributed by atoms with E-state index in [-0.39, 0.29) is 11.9 Å². The Kier molecular flexibility index (Phi) is 4.75. The van der Waals surface area contributed by atoms with Gasteiger partial charge >= 0.3 is 0 Å². The van der Waals surface area contributed by atoms with Crippen LogP contribution in [0.4, 0.5) is 0 Å². The van der Waals surface area contributed by atoms with Crippen molar-refractivity contribution in [3.8, 4) is 5.69 Å². The Morgan fingerprint density at radius 1 is 1.19 bits per heavy atom. The van der Waals surface area contributed by atoms with Crippen LogP contribution in [-0.4, -0.2) is 38.1 Å². The minimum absolute atomic E-state index is 0.0805. The summed E-state index contributed by atoms with van der Waals surface area (Å²) >= 11 is 1.58. The van der Waals surface area contributed by atoms with E-state index in [1.165, 1.54) is 0 Å². The molecule has 4 rings (SSSR count). The Morgan fingerprint density at radius 2 is 2.04 bits per heavy atom. The van der Waals surface area contributed by atoms with Gasteiger partial charge in [-0.25, -0.2) is 4.98 Å². The van der Waals surface area contributed by atoms with Gasteiger partial charge in [-0.3, -0.25) is 14.3 Å². The number of rotatable bonds is 4. The fraction of sp³-hybridized carbons (Fsp3) is 0.250. The topological polar surface area (TPSA) is 51.0 Å². The molecule has 0 unspecified atom stereocenters. The van der Waals surface area contributed by atoms with Crippen molar-refractivity contribution in [3.63, 3.8) is 0 Å². The number of likely N-dealkylation sites (tertiary alicyclic amines) is 1. The van der Waals surface area contributed by atoms with Crippen molar-refractivity contribution in [2.45, 2.75) is 24.0 Å². The molecule has 1 aliphatic heterocycles. The van der Waals surface area contributed by atoms with E-state index in [4.69, 9.17) is 0 Å². The van der Waals surface area contributed by atoms with Crippen molar-refractivity contribution in [1.29, 1.82) is 0 Å². The van der Waals surface area contributed by atoms with Crippen molar-refractivity contribution in [2.75, 3.05) is 12.8 Å². The van der Waals surface area contributed by atoms with Crippen LogP contribution in [0, 0.1) is 0 Å². The number of thioether (sulfide) groups is 1. The van der Waals surface area contributed by atoms with E-state index in [0.717, 1.165) is 35.8 Å². The van der Waals surface area contributed by atoms with Gasteiger partial charge in [-0.2, -0.15) is 0 Å². The summed E-state index contributed by atoms with van der Waals surface area (Å²) in [5.41, 5.74) is 2.82. The molecule has 26 heavy (non-hydrogen) atoms. The molecule has 0 spiro atoms. The van der Waals surface area contributed by atoms with Gasteiger partial charge in [0.25, 0.3) is 5.91 Å². The van der Waals surface area contributed by atoms with Crippen LogP contribution in [0.2, 0.25) is 0 Å². The number of hydrogen-bond acceptors (Lipinski definition) is 4. The predicted molar refractivity (Wildman–Crippen MR) is 103 cm³/mol. The van der Waals surface area contributed by atoms with E-state index in [0.29, 0.717) is 5.56 Å². The van der Waals surface area contributed by atoms with Gasteiger partial charge in [-0.1, -0.05) is 17.8 Å². The van der Waals surface area contributed by atoms with Gasteiger partial charge in [0.05, 0.1) is 6.04 Å². The van der Waals surface area contributed by atoms with Crippen molar-refractivity contribution in [1.82, 2.24) is 19.4 Å².